The van der Waals surface area contributed by atoms with E-state index in [4.69, 9.17) is 9.72 Å². The minimum Gasteiger partial charge on any atom is -0.437 e. The van der Waals surface area contributed by atoms with Crippen molar-refractivity contribution in [1.29, 1.82) is 0 Å². The van der Waals surface area contributed by atoms with Gasteiger partial charge in [0.05, 0.1) is 18.7 Å². The molecular weight excluding hydrogens is 303 g/mol. The fraction of sp³-hybridized carbons (Fsp3) is 0.529. The molecule has 1 N–H and O–H groups in total. The van der Waals surface area contributed by atoms with Crippen molar-refractivity contribution in [3.8, 4) is 0 Å². The van der Waals surface area contributed by atoms with E-state index in [2.05, 4.69) is 26.8 Å². The van der Waals surface area contributed by atoms with Gasteiger partial charge in [0.1, 0.15) is 5.82 Å². The van der Waals surface area contributed by atoms with E-state index in [9.17, 15) is 5.02 Å². The predicted molar refractivity (Wildman–Crippen MR) is 95.1 cm³/mol. The lowest BCUT2D eigenvalue weighted by Crippen LogP contribution is -2.37. The van der Waals surface area contributed by atoms with E-state index in [1.54, 1.807) is 0 Å². The van der Waals surface area contributed by atoms with Gasteiger partial charge in [-0.2, -0.15) is 0 Å². The number of rotatable bonds is 3. The van der Waals surface area contributed by atoms with Crippen LogP contribution in [0.1, 0.15) is 24.4 Å². The number of morpholine rings is 1. The van der Waals surface area contributed by atoms with E-state index in [0.29, 0.717) is 0 Å². The smallest absolute Gasteiger partial charge is 0.376 e. The third kappa shape index (κ3) is 2.87. The fourth-order valence-electron chi connectivity index (χ4n) is 3.84. The van der Waals surface area contributed by atoms with Gasteiger partial charge in [-0.25, -0.2) is 4.98 Å². The highest BCUT2D eigenvalue weighted by atomic mass is 16.5. The molecule has 6 nitrogen and oxygen atoms in total. The van der Waals surface area contributed by atoms with Gasteiger partial charge < -0.3 is 19.5 Å². The van der Waals surface area contributed by atoms with E-state index in [1.807, 2.05) is 19.2 Å². The Morgan fingerprint density at radius 2 is 2.04 bits per heavy atom. The molecule has 2 aliphatic rings. The Bertz CT molecular complexity index is 721. The zero-order valence-electron chi connectivity index (χ0n) is 14.1. The van der Waals surface area contributed by atoms with E-state index >= 15 is 0 Å². The second-order valence-corrected chi connectivity index (χ2v) is 6.60. The van der Waals surface area contributed by atoms with Gasteiger partial charge in [0, 0.05) is 42.5 Å². The summed E-state index contributed by atoms with van der Waals surface area (Å²) in [5.74, 6) is 1.000. The second-order valence-electron chi connectivity index (χ2n) is 6.60. The highest BCUT2D eigenvalue weighted by Crippen LogP contribution is 2.35. The molecule has 7 heteroatoms. The van der Waals surface area contributed by atoms with Crippen LogP contribution in [-0.4, -0.2) is 59.7 Å². The van der Waals surface area contributed by atoms with Crippen molar-refractivity contribution >= 4 is 23.8 Å². The number of pyridine rings is 2. The summed E-state index contributed by atoms with van der Waals surface area (Å²) < 4.78 is 5.44. The molecule has 4 heterocycles. The maximum atomic E-state index is 10.1. The first-order valence-electron chi connectivity index (χ1n) is 8.75. The Kier molecular flexibility index (Phi) is 4.39. The van der Waals surface area contributed by atoms with E-state index in [0.717, 1.165) is 68.0 Å². The summed E-state index contributed by atoms with van der Waals surface area (Å²) in [4.78, 5) is 13.8. The highest BCUT2D eigenvalue weighted by molar-refractivity contribution is 6.45. The molecule has 2 fully saturated rings. The number of ether oxygens (including phenoxy) is 1. The Morgan fingerprint density at radius 3 is 2.83 bits per heavy atom. The molecule has 24 heavy (non-hydrogen) atoms. The quantitative estimate of drug-likeness (QED) is 0.867. The van der Waals surface area contributed by atoms with Gasteiger partial charge in [0.15, 0.2) is 0 Å². The molecule has 2 aromatic rings. The molecular formula is C17H23BN4O2. The van der Waals surface area contributed by atoms with Gasteiger partial charge >= 0.3 is 7.05 Å². The van der Waals surface area contributed by atoms with Crippen molar-refractivity contribution in [2.45, 2.75) is 25.7 Å². The predicted octanol–water partition coefficient (Wildman–Crippen LogP) is 1.71. The molecule has 126 valence electrons. The van der Waals surface area contributed by atoms with Crippen LogP contribution >= 0.6 is 0 Å². The van der Waals surface area contributed by atoms with Crippen LogP contribution in [0.3, 0.4) is 0 Å². The molecule has 1 unspecified atom stereocenters. The van der Waals surface area contributed by atoms with Crippen molar-refractivity contribution in [2.75, 3.05) is 37.7 Å². The summed E-state index contributed by atoms with van der Waals surface area (Å²) >= 11 is 0. The molecule has 1 atom stereocenters. The minimum absolute atomic E-state index is 0.189. The summed E-state index contributed by atoms with van der Waals surface area (Å²) in [5, 5.41) is 11.1. The topological polar surface area (TPSA) is 61.7 Å². The molecule has 0 aliphatic carbocycles. The number of hydrogen-bond donors (Lipinski definition) is 1. The van der Waals surface area contributed by atoms with Gasteiger partial charge in [-0.05, 0) is 38.3 Å². The van der Waals surface area contributed by atoms with Crippen molar-refractivity contribution < 1.29 is 9.76 Å². The lowest BCUT2D eigenvalue weighted by Gasteiger charge is -2.29. The van der Waals surface area contributed by atoms with E-state index < -0.39 is 7.05 Å². The molecule has 2 aliphatic heterocycles. The lowest BCUT2D eigenvalue weighted by atomic mass is 9.83. The largest absolute Gasteiger partial charge is 0.437 e. The van der Waals surface area contributed by atoms with E-state index in [-0.39, 0.29) is 6.04 Å². The summed E-state index contributed by atoms with van der Waals surface area (Å²) in [6.45, 7) is 6.01. The maximum absolute atomic E-state index is 10.1. The number of hydrogen-bond acceptors (Lipinski definition) is 6. The summed E-state index contributed by atoms with van der Waals surface area (Å²) in [6.07, 6.45) is 5.92. The third-order valence-electron chi connectivity index (χ3n) is 5.08. The molecule has 2 aromatic heterocycles. The molecule has 0 spiro atoms. The van der Waals surface area contributed by atoms with Crippen molar-refractivity contribution in [1.82, 2.24) is 14.8 Å². The average molecular weight is 326 g/mol. The zero-order valence-corrected chi connectivity index (χ0v) is 14.1. The van der Waals surface area contributed by atoms with Crippen molar-refractivity contribution in [3.05, 3.63) is 30.1 Å². The Morgan fingerprint density at radius 1 is 1.21 bits per heavy atom. The van der Waals surface area contributed by atoms with Crippen molar-refractivity contribution in [2.24, 2.45) is 0 Å². The number of fused-ring (bicyclic) bond motifs is 1. The summed E-state index contributed by atoms with van der Waals surface area (Å²) in [6, 6.07) is 4.36. The Labute approximate surface area is 142 Å². The first-order valence-corrected chi connectivity index (χ1v) is 8.75. The van der Waals surface area contributed by atoms with Crippen LogP contribution in [0, 0.1) is 0 Å². The Hall–Kier alpha value is -1.70. The molecule has 0 bridgehead atoms. The zero-order chi connectivity index (χ0) is 16.5. The minimum atomic E-state index is -0.449. The van der Waals surface area contributed by atoms with Crippen LogP contribution in [0.2, 0.25) is 6.82 Å². The maximum Gasteiger partial charge on any atom is 0.376 e. The highest BCUT2D eigenvalue weighted by Gasteiger charge is 2.32. The van der Waals surface area contributed by atoms with Gasteiger partial charge in [-0.3, -0.25) is 4.98 Å². The van der Waals surface area contributed by atoms with Crippen LogP contribution in [0.15, 0.2) is 24.5 Å². The first-order chi connectivity index (χ1) is 11.7. The van der Waals surface area contributed by atoms with Gasteiger partial charge in [0.25, 0.3) is 0 Å². The van der Waals surface area contributed by atoms with Crippen LogP contribution in [0.4, 0.5) is 5.82 Å². The van der Waals surface area contributed by atoms with Crippen LogP contribution in [0.5, 0.6) is 0 Å². The second kappa shape index (κ2) is 6.66. The number of nitrogens with zero attached hydrogens (tertiary/aromatic N) is 4. The van der Waals surface area contributed by atoms with Crippen molar-refractivity contribution in [3.63, 3.8) is 0 Å². The third-order valence-corrected chi connectivity index (χ3v) is 5.08. The molecule has 0 amide bonds. The SMILES string of the molecule is CB(O)N1CCCC1c1cncc2ccc(N3CCOCC3)nc12. The van der Waals surface area contributed by atoms with Gasteiger partial charge in [0.2, 0.25) is 0 Å². The molecule has 4 rings (SSSR count). The number of anilines is 1. The van der Waals surface area contributed by atoms with E-state index in [1.165, 1.54) is 0 Å². The average Bonchev–Trinajstić information content (AvgIpc) is 3.11. The van der Waals surface area contributed by atoms with Crippen LogP contribution < -0.4 is 4.90 Å². The van der Waals surface area contributed by atoms with Gasteiger partial charge in [-0.1, -0.05) is 0 Å². The molecule has 0 aromatic carbocycles. The Balaban J connectivity index is 1.75. The first kappa shape index (κ1) is 15.8. The van der Waals surface area contributed by atoms with Gasteiger partial charge in [-0.15, -0.1) is 0 Å². The lowest BCUT2D eigenvalue weighted by molar-refractivity contribution is 0.122. The fourth-order valence-corrected chi connectivity index (χ4v) is 3.84. The molecule has 0 saturated carbocycles. The van der Waals surface area contributed by atoms with Crippen LogP contribution in [0.25, 0.3) is 10.9 Å². The monoisotopic (exact) mass is 326 g/mol. The standard InChI is InChI=1S/C17H23BN4O2/c1-18(23)22-6-2-3-15(22)14-12-19-11-13-4-5-16(20-17(13)14)21-7-9-24-10-8-21/h4-5,11-12,15,23H,2-3,6-10H2,1H3. The molecule has 2 saturated heterocycles. The number of aromatic nitrogens is 2. The molecule has 0 radical (unpaired) electrons. The summed E-state index contributed by atoms with van der Waals surface area (Å²) in [5.41, 5.74) is 2.13. The normalized spacial score (nSPS) is 22.2. The summed E-state index contributed by atoms with van der Waals surface area (Å²) in [7, 11) is -0.449. The van der Waals surface area contributed by atoms with Crippen LogP contribution in [-0.2, 0) is 4.74 Å².